The molecule has 0 fully saturated rings. The highest BCUT2D eigenvalue weighted by Crippen LogP contribution is 2.28. The fraction of sp³-hybridized carbons (Fsp3) is 0.250. The molecule has 0 saturated carbocycles. The first-order valence-electron chi connectivity index (χ1n) is 7.46. The molecule has 0 saturated heterocycles. The molecule has 0 radical (unpaired) electrons. The van der Waals surface area contributed by atoms with E-state index in [0.29, 0.717) is 10.2 Å². The number of halogens is 1. The van der Waals surface area contributed by atoms with Gasteiger partial charge in [-0.3, -0.25) is 10.1 Å². The molecule has 3 rings (SSSR count). The third-order valence-corrected chi connectivity index (χ3v) is 4.32. The van der Waals surface area contributed by atoms with E-state index in [9.17, 15) is 4.79 Å². The van der Waals surface area contributed by atoms with Crippen molar-refractivity contribution in [3.05, 3.63) is 46.6 Å². The van der Waals surface area contributed by atoms with Crippen molar-refractivity contribution < 1.29 is 9.53 Å². The molecule has 0 aliphatic carbocycles. The van der Waals surface area contributed by atoms with Gasteiger partial charge >= 0.3 is 0 Å². The molecule has 0 aliphatic heterocycles. The second-order valence-electron chi connectivity index (χ2n) is 5.76. The van der Waals surface area contributed by atoms with Gasteiger partial charge in [-0.05, 0) is 32.9 Å². The van der Waals surface area contributed by atoms with Crippen LogP contribution < -0.4 is 10.1 Å². The normalized spacial score (nSPS) is 11.4. The minimum Gasteiger partial charge on any atom is -0.459 e. The number of carbonyl (C=O) groups is 1. The molecule has 0 bridgehead atoms. The standard InChI is InChI=1S/C16H16ClN5O2S/c1-10-19-20-15(25-10)18-14(23)16(2,3)24-13-12(17)9-22(21-13)11-7-5-4-6-8-11/h4-9H,1-3H3,(H,18,20,23). The number of nitrogens with zero attached hydrogens (tertiary/aromatic N) is 4. The summed E-state index contributed by atoms with van der Waals surface area (Å²) in [4.78, 5) is 12.5. The summed E-state index contributed by atoms with van der Waals surface area (Å²) in [6, 6.07) is 9.49. The largest absolute Gasteiger partial charge is 0.459 e. The lowest BCUT2D eigenvalue weighted by Crippen LogP contribution is -2.42. The molecule has 7 nitrogen and oxygen atoms in total. The lowest BCUT2D eigenvalue weighted by Gasteiger charge is -2.23. The molecule has 3 aromatic rings. The van der Waals surface area contributed by atoms with E-state index >= 15 is 0 Å². The number of carbonyl (C=O) groups excluding carboxylic acids is 1. The number of aryl methyl sites for hydroxylation is 1. The number of hydrogen-bond acceptors (Lipinski definition) is 6. The van der Waals surface area contributed by atoms with Gasteiger partial charge in [-0.15, -0.1) is 15.3 Å². The van der Waals surface area contributed by atoms with Crippen LogP contribution in [0.2, 0.25) is 5.02 Å². The van der Waals surface area contributed by atoms with E-state index < -0.39 is 5.60 Å². The number of amides is 1. The smallest absolute Gasteiger partial charge is 0.269 e. The third-order valence-electron chi connectivity index (χ3n) is 3.30. The predicted molar refractivity (Wildman–Crippen MR) is 96.6 cm³/mol. The van der Waals surface area contributed by atoms with E-state index in [4.69, 9.17) is 16.3 Å². The molecule has 2 heterocycles. The Balaban J connectivity index is 1.76. The van der Waals surface area contributed by atoms with Gasteiger partial charge in [-0.1, -0.05) is 41.1 Å². The molecule has 0 aliphatic rings. The molecule has 9 heteroatoms. The van der Waals surface area contributed by atoms with Crippen molar-refractivity contribution in [3.8, 4) is 11.6 Å². The summed E-state index contributed by atoms with van der Waals surface area (Å²) < 4.78 is 7.35. The fourth-order valence-corrected chi connectivity index (χ4v) is 2.76. The summed E-state index contributed by atoms with van der Waals surface area (Å²) in [6.07, 6.45) is 1.63. The van der Waals surface area contributed by atoms with E-state index in [2.05, 4.69) is 20.6 Å². The topological polar surface area (TPSA) is 81.9 Å². The van der Waals surface area contributed by atoms with Crippen LogP contribution in [-0.2, 0) is 4.79 Å². The Morgan fingerprint density at radius 2 is 2.00 bits per heavy atom. The Hall–Kier alpha value is -2.45. The summed E-state index contributed by atoms with van der Waals surface area (Å²) in [5.74, 6) is -0.187. The summed E-state index contributed by atoms with van der Waals surface area (Å²) in [7, 11) is 0. The van der Waals surface area contributed by atoms with Crippen LogP contribution in [0.3, 0.4) is 0 Å². The highest BCUT2D eigenvalue weighted by molar-refractivity contribution is 7.15. The first kappa shape index (κ1) is 17.4. The number of rotatable bonds is 5. The number of nitrogens with one attached hydrogen (secondary N) is 1. The van der Waals surface area contributed by atoms with Crippen LogP contribution in [0.25, 0.3) is 5.69 Å². The van der Waals surface area contributed by atoms with Crippen molar-refractivity contribution in [1.82, 2.24) is 20.0 Å². The Morgan fingerprint density at radius 3 is 2.64 bits per heavy atom. The summed E-state index contributed by atoms with van der Waals surface area (Å²) >= 11 is 7.50. The summed E-state index contributed by atoms with van der Waals surface area (Å²) in [6.45, 7) is 5.08. The SMILES string of the molecule is Cc1nnc(NC(=O)C(C)(C)Oc2nn(-c3ccccc3)cc2Cl)s1. The van der Waals surface area contributed by atoms with Crippen LogP contribution in [0.15, 0.2) is 36.5 Å². The lowest BCUT2D eigenvalue weighted by molar-refractivity contribution is -0.128. The zero-order valence-corrected chi connectivity index (χ0v) is 15.4. The molecular formula is C16H16ClN5O2S. The monoisotopic (exact) mass is 377 g/mol. The van der Waals surface area contributed by atoms with E-state index in [1.54, 1.807) is 24.7 Å². The van der Waals surface area contributed by atoms with Crippen LogP contribution in [0, 0.1) is 6.92 Å². The maximum absolute atomic E-state index is 12.5. The van der Waals surface area contributed by atoms with Gasteiger partial charge in [0.2, 0.25) is 5.13 Å². The minimum atomic E-state index is -1.20. The van der Waals surface area contributed by atoms with Crippen molar-refractivity contribution in [1.29, 1.82) is 0 Å². The van der Waals surface area contributed by atoms with Gasteiger partial charge in [0.15, 0.2) is 5.60 Å². The number of benzene rings is 1. The number of para-hydroxylation sites is 1. The summed E-state index contributed by atoms with van der Waals surface area (Å²) in [5, 5.41) is 16.2. The van der Waals surface area contributed by atoms with Crippen LogP contribution in [0.5, 0.6) is 5.88 Å². The molecule has 0 spiro atoms. The molecule has 0 atom stereocenters. The molecule has 1 N–H and O–H groups in total. The maximum atomic E-state index is 12.5. The highest BCUT2D eigenvalue weighted by atomic mass is 35.5. The van der Waals surface area contributed by atoms with Gasteiger partial charge in [-0.2, -0.15) is 0 Å². The van der Waals surface area contributed by atoms with Crippen molar-refractivity contribution in [2.75, 3.05) is 5.32 Å². The quantitative estimate of drug-likeness (QED) is 0.736. The van der Waals surface area contributed by atoms with Crippen LogP contribution in [0.1, 0.15) is 18.9 Å². The molecule has 0 unspecified atom stereocenters. The van der Waals surface area contributed by atoms with E-state index in [-0.39, 0.29) is 11.8 Å². The Bertz CT molecular complexity index is 891. The van der Waals surface area contributed by atoms with E-state index in [1.165, 1.54) is 11.3 Å². The van der Waals surface area contributed by atoms with Crippen LogP contribution >= 0.6 is 22.9 Å². The van der Waals surface area contributed by atoms with Gasteiger partial charge in [-0.25, -0.2) is 4.68 Å². The lowest BCUT2D eigenvalue weighted by atomic mass is 10.1. The van der Waals surface area contributed by atoms with Crippen LogP contribution in [-0.4, -0.2) is 31.5 Å². The molecule has 1 aromatic carbocycles. The van der Waals surface area contributed by atoms with Crippen LogP contribution in [0.4, 0.5) is 5.13 Å². The zero-order chi connectivity index (χ0) is 18.0. The van der Waals surface area contributed by atoms with E-state index in [0.717, 1.165) is 10.7 Å². The Labute approximate surface area is 153 Å². The molecule has 2 aromatic heterocycles. The average Bonchev–Trinajstić information content (AvgIpc) is 3.14. The number of anilines is 1. The van der Waals surface area contributed by atoms with Gasteiger partial charge in [0.1, 0.15) is 10.0 Å². The molecule has 130 valence electrons. The zero-order valence-electron chi connectivity index (χ0n) is 13.9. The second-order valence-corrected chi connectivity index (χ2v) is 7.34. The highest BCUT2D eigenvalue weighted by Gasteiger charge is 2.32. The molecule has 25 heavy (non-hydrogen) atoms. The second kappa shape index (κ2) is 6.81. The first-order valence-corrected chi connectivity index (χ1v) is 8.66. The first-order chi connectivity index (χ1) is 11.8. The van der Waals surface area contributed by atoms with Crippen molar-refractivity contribution in [2.45, 2.75) is 26.4 Å². The Morgan fingerprint density at radius 1 is 1.28 bits per heavy atom. The number of ether oxygens (including phenoxy) is 1. The summed E-state index contributed by atoms with van der Waals surface area (Å²) in [5.41, 5.74) is -0.357. The third kappa shape index (κ3) is 3.97. The minimum absolute atomic E-state index is 0.180. The van der Waals surface area contributed by atoms with Crippen molar-refractivity contribution >= 4 is 34.0 Å². The van der Waals surface area contributed by atoms with Crippen molar-refractivity contribution in [2.24, 2.45) is 0 Å². The van der Waals surface area contributed by atoms with E-state index in [1.807, 2.05) is 37.3 Å². The number of aromatic nitrogens is 4. The molecular weight excluding hydrogens is 362 g/mol. The average molecular weight is 378 g/mol. The molecule has 1 amide bonds. The fourth-order valence-electron chi connectivity index (χ4n) is 2.00. The van der Waals surface area contributed by atoms with Gasteiger partial charge in [0, 0.05) is 0 Å². The Kier molecular flexibility index (Phi) is 4.73. The maximum Gasteiger partial charge on any atom is 0.269 e. The van der Waals surface area contributed by atoms with Gasteiger partial charge in [0.25, 0.3) is 11.8 Å². The number of hydrogen-bond donors (Lipinski definition) is 1. The predicted octanol–water partition coefficient (Wildman–Crippen LogP) is 3.48. The van der Waals surface area contributed by atoms with Gasteiger partial charge < -0.3 is 4.74 Å². The van der Waals surface area contributed by atoms with Crippen molar-refractivity contribution in [3.63, 3.8) is 0 Å². The van der Waals surface area contributed by atoms with Gasteiger partial charge in [0.05, 0.1) is 11.9 Å².